The lowest BCUT2D eigenvalue weighted by atomic mass is 10.0. The first-order valence-corrected chi connectivity index (χ1v) is 20.7. The molecule has 0 radical (unpaired) electrons. The van der Waals surface area contributed by atoms with Crippen LogP contribution < -0.4 is 4.72 Å². The van der Waals surface area contributed by atoms with Gasteiger partial charge in [-0.3, -0.25) is 10.1 Å². The first kappa shape index (κ1) is 34.0. The van der Waals surface area contributed by atoms with E-state index in [1.165, 1.54) is 24.3 Å². The van der Waals surface area contributed by atoms with E-state index in [-0.39, 0.29) is 27.1 Å². The molecule has 1 fully saturated rings. The van der Waals surface area contributed by atoms with Crippen molar-refractivity contribution in [3.05, 3.63) is 34.4 Å². The Hall–Kier alpha value is -1.20. The highest BCUT2D eigenvalue weighted by atomic mass is 32.2. The molecule has 1 saturated heterocycles. The number of nitrogens with one attached hydrogen (secondary N) is 1. The number of sulfonamides is 1. The van der Waals surface area contributed by atoms with Gasteiger partial charge in [0.25, 0.3) is 5.69 Å². The van der Waals surface area contributed by atoms with Crippen molar-refractivity contribution in [1.82, 2.24) is 4.72 Å². The number of nitrogens with zero attached hydrogens (tertiary/aromatic N) is 1. The van der Waals surface area contributed by atoms with E-state index in [1.807, 2.05) is 6.92 Å². The summed E-state index contributed by atoms with van der Waals surface area (Å²) in [6, 6.07) is 4.20. The zero-order valence-electron chi connectivity index (χ0n) is 25.4. The highest BCUT2D eigenvalue weighted by molar-refractivity contribution is 7.89. The Morgan fingerprint density at radius 3 is 2.03 bits per heavy atom. The second kappa shape index (κ2) is 12.4. The molecule has 0 amide bonds. The SMILES string of the molecule is CC1O[C@H](OCCO[Si](C)(C)C(C)(C)C)C[C@@H](NS(=O)(=O)c2ccc([N+](=O)[O-])cc2)[C@@H]1O[Si](C)(C)C(C)(C)C. The van der Waals surface area contributed by atoms with Crippen LogP contribution in [0.3, 0.4) is 0 Å². The van der Waals surface area contributed by atoms with Gasteiger partial charge in [0, 0.05) is 18.6 Å². The number of rotatable bonds is 11. The number of hydrogen-bond acceptors (Lipinski definition) is 8. The maximum absolute atomic E-state index is 13.3. The summed E-state index contributed by atoms with van der Waals surface area (Å²) in [5.74, 6) is 0. The van der Waals surface area contributed by atoms with Crippen molar-refractivity contribution in [3.63, 3.8) is 0 Å². The standard InChI is InChI=1S/C26H48N2O8SSi2/c1-19-24(36-39(10,11)26(5,6)7)22(27-37(31,32)21-14-12-20(13-15-21)28(29)30)18-23(35-19)33-16-17-34-38(8,9)25(2,3)4/h12-15,19,22-24,27H,16-18H2,1-11H3/t19?,22-,23+,24-/m1/s1. The van der Waals surface area contributed by atoms with Crippen LogP contribution in [0.2, 0.25) is 36.3 Å². The molecule has 1 heterocycles. The number of non-ortho nitro benzene ring substituents is 1. The summed E-state index contributed by atoms with van der Waals surface area (Å²) in [6.07, 6.45) is -1.38. The average Bonchev–Trinajstić information content (AvgIpc) is 2.77. The topological polar surface area (TPSA) is 126 Å². The minimum absolute atomic E-state index is 0.0569. The summed E-state index contributed by atoms with van der Waals surface area (Å²) in [4.78, 5) is 10.4. The van der Waals surface area contributed by atoms with Crippen molar-refractivity contribution in [2.75, 3.05) is 13.2 Å². The van der Waals surface area contributed by atoms with E-state index in [9.17, 15) is 18.5 Å². The van der Waals surface area contributed by atoms with Crippen LogP contribution in [-0.4, -0.2) is 67.7 Å². The largest absolute Gasteiger partial charge is 0.414 e. The van der Waals surface area contributed by atoms with Gasteiger partial charge in [-0.1, -0.05) is 41.5 Å². The molecule has 39 heavy (non-hydrogen) atoms. The Bertz CT molecular complexity index is 1080. The van der Waals surface area contributed by atoms with Gasteiger partial charge in [0.15, 0.2) is 22.9 Å². The Labute approximate surface area is 236 Å². The molecule has 0 bridgehead atoms. The zero-order chi connectivity index (χ0) is 30.0. The average molecular weight is 605 g/mol. The van der Waals surface area contributed by atoms with Gasteiger partial charge in [0.1, 0.15) is 0 Å². The summed E-state index contributed by atoms with van der Waals surface area (Å²) >= 11 is 0. The monoisotopic (exact) mass is 604 g/mol. The minimum Gasteiger partial charge on any atom is -0.414 e. The number of hydrogen-bond donors (Lipinski definition) is 1. The predicted octanol–water partition coefficient (Wildman–Crippen LogP) is 5.81. The summed E-state index contributed by atoms with van der Waals surface area (Å²) in [7, 11) is -8.22. The predicted molar refractivity (Wildman–Crippen MR) is 157 cm³/mol. The highest BCUT2D eigenvalue weighted by Crippen LogP contribution is 2.40. The zero-order valence-corrected chi connectivity index (χ0v) is 28.2. The van der Waals surface area contributed by atoms with E-state index < -0.39 is 56.1 Å². The van der Waals surface area contributed by atoms with E-state index in [0.717, 1.165) is 0 Å². The van der Waals surface area contributed by atoms with Gasteiger partial charge in [0.05, 0.1) is 41.3 Å². The molecule has 4 atom stereocenters. The van der Waals surface area contributed by atoms with E-state index in [0.29, 0.717) is 13.2 Å². The van der Waals surface area contributed by atoms with Crippen molar-refractivity contribution in [2.45, 2.75) is 121 Å². The Balaban J connectivity index is 2.23. The number of nitro groups is 1. The number of nitro benzene ring substituents is 1. The third kappa shape index (κ3) is 8.89. The van der Waals surface area contributed by atoms with E-state index >= 15 is 0 Å². The van der Waals surface area contributed by atoms with Crippen LogP contribution in [0.25, 0.3) is 0 Å². The molecule has 1 N–H and O–H groups in total. The molecule has 0 saturated carbocycles. The van der Waals surface area contributed by atoms with Gasteiger partial charge in [0.2, 0.25) is 10.0 Å². The molecule has 224 valence electrons. The van der Waals surface area contributed by atoms with Crippen LogP contribution in [0.15, 0.2) is 29.2 Å². The Kier molecular flexibility index (Phi) is 10.8. The Morgan fingerprint density at radius 2 is 1.54 bits per heavy atom. The molecule has 1 aromatic rings. The van der Waals surface area contributed by atoms with Crippen molar-refractivity contribution < 1.29 is 31.7 Å². The fourth-order valence-electron chi connectivity index (χ4n) is 3.67. The maximum atomic E-state index is 13.3. The van der Waals surface area contributed by atoms with E-state index in [1.54, 1.807) is 0 Å². The van der Waals surface area contributed by atoms with Crippen LogP contribution >= 0.6 is 0 Å². The normalized spacial score (nSPS) is 23.6. The summed E-state index contributed by atoms with van der Waals surface area (Å²) < 4.78 is 54.6. The lowest BCUT2D eigenvalue weighted by molar-refractivity contribution is -0.384. The van der Waals surface area contributed by atoms with Crippen LogP contribution in [0.1, 0.15) is 54.9 Å². The fourth-order valence-corrected chi connectivity index (χ4v) is 7.34. The molecule has 0 spiro atoms. The second-order valence-corrected chi connectivity index (χ2v) is 24.6. The summed E-state index contributed by atoms with van der Waals surface area (Å²) in [5.41, 5.74) is -0.179. The summed E-state index contributed by atoms with van der Waals surface area (Å²) in [6.45, 7) is 24.1. The van der Waals surface area contributed by atoms with E-state index in [4.69, 9.17) is 18.3 Å². The van der Waals surface area contributed by atoms with Gasteiger partial charge < -0.3 is 18.3 Å². The molecule has 1 aliphatic heterocycles. The molecule has 1 aromatic carbocycles. The molecule has 1 unspecified atom stereocenters. The van der Waals surface area contributed by atoms with Crippen LogP contribution in [0.5, 0.6) is 0 Å². The minimum atomic E-state index is -4.00. The molecule has 2 rings (SSSR count). The molecular weight excluding hydrogens is 557 g/mol. The van der Waals surface area contributed by atoms with Gasteiger partial charge in [-0.05, 0) is 55.3 Å². The third-order valence-electron chi connectivity index (χ3n) is 8.23. The first-order valence-electron chi connectivity index (χ1n) is 13.4. The molecule has 13 heteroatoms. The summed E-state index contributed by atoms with van der Waals surface area (Å²) in [5, 5.41) is 11.0. The van der Waals surface area contributed by atoms with Crippen molar-refractivity contribution in [3.8, 4) is 0 Å². The van der Waals surface area contributed by atoms with Gasteiger partial charge >= 0.3 is 0 Å². The molecule has 10 nitrogen and oxygen atoms in total. The second-order valence-electron chi connectivity index (χ2n) is 13.3. The third-order valence-corrected chi connectivity index (χ3v) is 18.7. The van der Waals surface area contributed by atoms with Crippen LogP contribution in [0.4, 0.5) is 5.69 Å². The smallest absolute Gasteiger partial charge is 0.269 e. The van der Waals surface area contributed by atoms with Crippen LogP contribution in [0, 0.1) is 10.1 Å². The fraction of sp³-hybridized carbons (Fsp3) is 0.769. The molecule has 0 aromatic heterocycles. The van der Waals surface area contributed by atoms with Crippen molar-refractivity contribution >= 4 is 32.3 Å². The highest BCUT2D eigenvalue weighted by Gasteiger charge is 2.46. The lowest BCUT2D eigenvalue weighted by Gasteiger charge is -2.46. The van der Waals surface area contributed by atoms with Crippen molar-refractivity contribution in [2.24, 2.45) is 0 Å². The molecular formula is C26H48N2O8SSi2. The Morgan fingerprint density at radius 1 is 1.00 bits per heavy atom. The number of benzene rings is 1. The maximum Gasteiger partial charge on any atom is 0.269 e. The quantitative estimate of drug-likeness (QED) is 0.145. The number of ether oxygens (including phenoxy) is 2. The van der Waals surface area contributed by atoms with Gasteiger partial charge in [-0.25, -0.2) is 13.1 Å². The van der Waals surface area contributed by atoms with E-state index in [2.05, 4.69) is 72.5 Å². The lowest BCUT2D eigenvalue weighted by Crippen LogP contribution is -2.60. The first-order chi connectivity index (χ1) is 17.6. The van der Waals surface area contributed by atoms with Crippen molar-refractivity contribution in [1.29, 1.82) is 0 Å². The molecule has 0 aliphatic carbocycles. The van der Waals surface area contributed by atoms with Crippen LogP contribution in [-0.2, 0) is 28.3 Å². The van der Waals surface area contributed by atoms with Gasteiger partial charge in [-0.15, -0.1) is 0 Å². The van der Waals surface area contributed by atoms with Gasteiger partial charge in [-0.2, -0.15) is 0 Å². The molecule has 1 aliphatic rings.